The van der Waals surface area contributed by atoms with Crippen LogP contribution in [0.2, 0.25) is 0 Å². The van der Waals surface area contributed by atoms with Gasteiger partial charge >= 0.3 is 0 Å². The molecule has 9 heteroatoms. The number of hydrogen-bond donors (Lipinski definition) is 0. The number of aromatic nitrogens is 4. The quantitative estimate of drug-likeness (QED) is 0.638. The predicted octanol–water partition coefficient (Wildman–Crippen LogP) is 1.43. The maximum atomic E-state index is 12.8. The molecule has 3 aromatic rings. The zero-order chi connectivity index (χ0) is 21.4. The molecular formula is C22H26N8O. The van der Waals surface area contributed by atoms with Crippen LogP contribution in [-0.2, 0) is 11.8 Å². The van der Waals surface area contributed by atoms with Crippen molar-refractivity contribution in [3.05, 3.63) is 47.9 Å². The molecule has 1 saturated heterocycles. The van der Waals surface area contributed by atoms with Crippen molar-refractivity contribution < 1.29 is 4.79 Å². The second kappa shape index (κ2) is 8.07. The highest BCUT2D eigenvalue weighted by atomic mass is 16.2. The van der Waals surface area contributed by atoms with Crippen LogP contribution in [0.3, 0.4) is 0 Å². The van der Waals surface area contributed by atoms with Gasteiger partial charge in [0.2, 0.25) is 0 Å². The van der Waals surface area contributed by atoms with Crippen LogP contribution in [0.1, 0.15) is 17.8 Å². The first-order chi connectivity index (χ1) is 15.1. The van der Waals surface area contributed by atoms with Crippen LogP contribution in [0.5, 0.6) is 0 Å². The van der Waals surface area contributed by atoms with Gasteiger partial charge in [0.25, 0.3) is 5.91 Å². The van der Waals surface area contributed by atoms with Crippen molar-refractivity contribution in [2.24, 2.45) is 12.1 Å². The Labute approximate surface area is 181 Å². The number of carbonyl (C=O) groups excluding carboxylic acids is 1. The summed E-state index contributed by atoms with van der Waals surface area (Å²) in [6, 6.07) is 10.1. The Balaban J connectivity index is 1.21. The molecule has 1 aromatic carbocycles. The van der Waals surface area contributed by atoms with Crippen molar-refractivity contribution in [3.63, 3.8) is 0 Å². The molecule has 0 unspecified atom stereocenters. The topological polar surface area (TPSA) is 82.8 Å². The zero-order valence-corrected chi connectivity index (χ0v) is 17.9. The molecule has 2 aliphatic heterocycles. The molecule has 2 aromatic heterocycles. The Hall–Kier alpha value is -3.33. The molecule has 0 atom stereocenters. The summed E-state index contributed by atoms with van der Waals surface area (Å²) in [5.74, 6) is 1.73. The molecule has 0 saturated carbocycles. The van der Waals surface area contributed by atoms with Crippen molar-refractivity contribution in [3.8, 4) is 0 Å². The molecule has 1 fully saturated rings. The van der Waals surface area contributed by atoms with Crippen molar-refractivity contribution >= 4 is 28.5 Å². The number of rotatable bonds is 4. The van der Waals surface area contributed by atoms with Crippen molar-refractivity contribution in [1.29, 1.82) is 0 Å². The third kappa shape index (κ3) is 3.88. The van der Waals surface area contributed by atoms with Crippen LogP contribution in [0.15, 0.2) is 41.6 Å². The number of hydrogen-bond acceptors (Lipinski definition) is 7. The lowest BCUT2D eigenvalue weighted by molar-refractivity contribution is -0.132. The van der Waals surface area contributed by atoms with Gasteiger partial charge in [0.15, 0.2) is 5.65 Å². The summed E-state index contributed by atoms with van der Waals surface area (Å²) in [5.41, 5.74) is 2.92. The summed E-state index contributed by atoms with van der Waals surface area (Å²) < 4.78 is 1.78. The monoisotopic (exact) mass is 418 g/mol. The third-order valence-electron chi connectivity index (χ3n) is 5.91. The molecule has 0 bridgehead atoms. The van der Waals surface area contributed by atoms with Crippen LogP contribution in [0, 0.1) is 6.92 Å². The second-order valence-corrected chi connectivity index (χ2v) is 8.04. The molecule has 2 aliphatic rings. The Bertz CT molecular complexity index is 1130. The molecule has 0 radical (unpaired) electrons. The van der Waals surface area contributed by atoms with Gasteiger partial charge in [-0.15, -0.1) is 0 Å². The Morgan fingerprint density at radius 2 is 1.81 bits per heavy atom. The Morgan fingerprint density at radius 1 is 1.03 bits per heavy atom. The molecule has 0 aliphatic carbocycles. The van der Waals surface area contributed by atoms with E-state index >= 15 is 0 Å². The summed E-state index contributed by atoms with van der Waals surface area (Å²) in [5, 5.41) is 11.5. The normalized spacial score (nSPS) is 17.4. The van der Waals surface area contributed by atoms with E-state index in [9.17, 15) is 4.79 Å². The third-order valence-corrected chi connectivity index (χ3v) is 5.91. The van der Waals surface area contributed by atoms with E-state index in [4.69, 9.17) is 0 Å². The summed E-state index contributed by atoms with van der Waals surface area (Å²) in [4.78, 5) is 26.4. The maximum Gasteiger partial charge on any atom is 0.256 e. The molecule has 160 valence electrons. The minimum atomic E-state index is 0.0620. The molecule has 9 nitrogen and oxygen atoms in total. The highest BCUT2D eigenvalue weighted by Crippen LogP contribution is 2.24. The fourth-order valence-corrected chi connectivity index (χ4v) is 4.22. The van der Waals surface area contributed by atoms with Crippen LogP contribution >= 0.6 is 0 Å². The van der Waals surface area contributed by atoms with Crippen LogP contribution in [-0.4, -0.2) is 80.5 Å². The van der Waals surface area contributed by atoms with Gasteiger partial charge in [0, 0.05) is 39.6 Å². The van der Waals surface area contributed by atoms with E-state index in [2.05, 4.69) is 30.0 Å². The maximum absolute atomic E-state index is 12.8. The smallest absolute Gasteiger partial charge is 0.256 e. The number of carbonyl (C=O) groups is 1. The van der Waals surface area contributed by atoms with E-state index in [-0.39, 0.29) is 5.91 Å². The van der Waals surface area contributed by atoms with E-state index in [0.29, 0.717) is 13.1 Å². The van der Waals surface area contributed by atoms with Crippen molar-refractivity contribution in [2.75, 3.05) is 44.2 Å². The Morgan fingerprint density at radius 3 is 2.58 bits per heavy atom. The summed E-state index contributed by atoms with van der Waals surface area (Å²) in [7, 11) is 1.89. The van der Waals surface area contributed by atoms with E-state index in [1.54, 1.807) is 9.69 Å². The average molecular weight is 419 g/mol. The molecule has 31 heavy (non-hydrogen) atoms. The first-order valence-corrected chi connectivity index (χ1v) is 10.7. The van der Waals surface area contributed by atoms with Gasteiger partial charge in [-0.2, -0.15) is 10.2 Å². The lowest BCUT2D eigenvalue weighted by atomic mass is 10.1. The number of amides is 1. The molecular weight excluding hydrogens is 392 g/mol. The number of aryl methyl sites for hydroxylation is 2. The highest BCUT2D eigenvalue weighted by Gasteiger charge is 2.26. The molecule has 0 N–H and O–H groups in total. The number of anilines is 1. The largest absolute Gasteiger partial charge is 0.353 e. The molecule has 1 amide bonds. The van der Waals surface area contributed by atoms with Gasteiger partial charge in [-0.3, -0.25) is 14.4 Å². The number of benzene rings is 1. The molecule has 0 spiro atoms. The molecule has 5 rings (SSSR count). The van der Waals surface area contributed by atoms with E-state index in [1.807, 2.05) is 50.5 Å². The predicted molar refractivity (Wildman–Crippen MR) is 119 cm³/mol. The van der Waals surface area contributed by atoms with E-state index in [0.717, 1.165) is 66.6 Å². The van der Waals surface area contributed by atoms with Gasteiger partial charge in [0.1, 0.15) is 11.6 Å². The second-order valence-electron chi connectivity index (χ2n) is 8.04. The first-order valence-electron chi connectivity index (χ1n) is 10.7. The van der Waals surface area contributed by atoms with Gasteiger partial charge in [0.05, 0.1) is 30.4 Å². The first kappa shape index (κ1) is 19.6. The number of piperazine rings is 1. The Kier molecular flexibility index (Phi) is 5.11. The summed E-state index contributed by atoms with van der Waals surface area (Å²) in [6.07, 6.45) is 2.63. The number of fused-ring (bicyclic) bond motifs is 1. The molecule has 4 heterocycles. The van der Waals surface area contributed by atoms with Gasteiger partial charge in [-0.1, -0.05) is 30.3 Å². The van der Waals surface area contributed by atoms with Gasteiger partial charge < -0.3 is 4.90 Å². The average Bonchev–Trinajstić information content (AvgIpc) is 3.42. The SMILES string of the molecule is Cc1nc(N2CCN(CC(=O)N3CCC(c4ccccc4)=N3)CC2)c2cnn(C)c2n1. The van der Waals surface area contributed by atoms with Crippen LogP contribution in [0.25, 0.3) is 11.0 Å². The van der Waals surface area contributed by atoms with E-state index in [1.165, 1.54) is 0 Å². The zero-order valence-electron chi connectivity index (χ0n) is 17.9. The highest BCUT2D eigenvalue weighted by molar-refractivity contribution is 6.02. The summed E-state index contributed by atoms with van der Waals surface area (Å²) >= 11 is 0. The van der Waals surface area contributed by atoms with E-state index < -0.39 is 0 Å². The van der Waals surface area contributed by atoms with Gasteiger partial charge in [-0.05, 0) is 12.5 Å². The van der Waals surface area contributed by atoms with Gasteiger partial charge in [-0.25, -0.2) is 15.0 Å². The number of nitrogens with zero attached hydrogens (tertiary/aromatic N) is 8. The number of hydrazone groups is 1. The fraction of sp³-hybridized carbons (Fsp3) is 0.409. The standard InChI is InChI=1S/C22H26N8O/c1-16-24-21-18(14-23-27(21)2)22(25-16)29-12-10-28(11-13-29)15-20(31)30-9-8-19(26-30)17-6-4-3-5-7-17/h3-7,14H,8-13,15H2,1-2H3. The fourth-order valence-electron chi connectivity index (χ4n) is 4.22. The minimum Gasteiger partial charge on any atom is -0.353 e. The minimum absolute atomic E-state index is 0.0620. The van der Waals surface area contributed by atoms with Crippen LogP contribution < -0.4 is 4.90 Å². The lowest BCUT2D eigenvalue weighted by Gasteiger charge is -2.35. The van der Waals surface area contributed by atoms with Crippen molar-refractivity contribution in [2.45, 2.75) is 13.3 Å². The van der Waals surface area contributed by atoms with Crippen LogP contribution in [0.4, 0.5) is 5.82 Å². The summed E-state index contributed by atoms with van der Waals surface area (Å²) in [6.45, 7) is 6.19. The van der Waals surface area contributed by atoms with Crippen molar-refractivity contribution in [1.82, 2.24) is 29.7 Å². The lowest BCUT2D eigenvalue weighted by Crippen LogP contribution is -2.49.